The number of unbranched alkanes of at least 4 members (excludes halogenated alkanes) is 1. The number of aliphatic hydroxyl groups excluding tert-OH is 1. The first kappa shape index (κ1) is 26.2. The van der Waals surface area contributed by atoms with E-state index in [-0.39, 0.29) is 12.1 Å². The molecule has 3 aromatic rings. The highest BCUT2D eigenvalue weighted by atomic mass is 16.3. The van der Waals surface area contributed by atoms with Gasteiger partial charge in [0.15, 0.2) is 0 Å². The minimum absolute atomic E-state index is 0.142. The molecule has 35 heavy (non-hydrogen) atoms. The molecule has 2 atom stereocenters. The number of nitrogen functional groups attached to an aromatic ring is 1. The first-order valence-electron chi connectivity index (χ1n) is 12.3. The summed E-state index contributed by atoms with van der Waals surface area (Å²) in [5.74, 6) is 0.438. The number of nitrogens with one attached hydrogen (secondary N) is 3. The molecule has 0 radical (unpaired) electrons. The van der Waals surface area contributed by atoms with Gasteiger partial charge in [-0.15, -0.1) is 0 Å². The number of rotatable bonds is 13. The van der Waals surface area contributed by atoms with Gasteiger partial charge in [-0.25, -0.2) is 9.78 Å². The van der Waals surface area contributed by atoms with Crippen molar-refractivity contribution in [1.29, 1.82) is 0 Å². The quantitative estimate of drug-likeness (QED) is 0.242. The van der Waals surface area contributed by atoms with Gasteiger partial charge in [-0.1, -0.05) is 60.7 Å². The molecule has 7 nitrogen and oxygen atoms in total. The van der Waals surface area contributed by atoms with Crippen LogP contribution < -0.4 is 21.7 Å². The predicted octanol–water partition coefficient (Wildman–Crippen LogP) is 3.74. The second kappa shape index (κ2) is 14.1. The number of carbonyl (C=O) groups is 1. The van der Waals surface area contributed by atoms with Crippen LogP contribution in [0.1, 0.15) is 48.1 Å². The van der Waals surface area contributed by atoms with Crippen LogP contribution in [0.3, 0.4) is 0 Å². The first-order chi connectivity index (χ1) is 17.0. The van der Waals surface area contributed by atoms with E-state index in [0.717, 1.165) is 36.8 Å². The van der Waals surface area contributed by atoms with E-state index in [4.69, 9.17) is 5.73 Å². The van der Waals surface area contributed by atoms with Gasteiger partial charge < -0.3 is 26.8 Å². The molecule has 7 heteroatoms. The van der Waals surface area contributed by atoms with Crippen molar-refractivity contribution in [1.82, 2.24) is 20.9 Å². The van der Waals surface area contributed by atoms with E-state index in [1.165, 1.54) is 11.1 Å². The van der Waals surface area contributed by atoms with Crippen LogP contribution in [0, 0.1) is 0 Å². The lowest BCUT2D eigenvalue weighted by Crippen LogP contribution is -2.35. The minimum atomic E-state index is -0.641. The SMILES string of the molecule is CC(Cc1cccc(CNC(=O)NCCCCc2ccccc2)c1)NC[C@H](O)c1ccc(N)nc1. The average Bonchev–Trinajstić information content (AvgIpc) is 2.87. The number of pyridine rings is 1. The molecule has 0 fully saturated rings. The van der Waals surface area contributed by atoms with Crippen molar-refractivity contribution in [3.8, 4) is 0 Å². The summed E-state index contributed by atoms with van der Waals surface area (Å²) in [5, 5.41) is 19.6. The van der Waals surface area contributed by atoms with Crippen LogP contribution in [0.5, 0.6) is 0 Å². The summed E-state index contributed by atoms with van der Waals surface area (Å²) in [7, 11) is 0. The molecule has 0 aliphatic heterocycles. The van der Waals surface area contributed by atoms with Gasteiger partial charge in [-0.05, 0) is 55.4 Å². The molecule has 1 aromatic heterocycles. The van der Waals surface area contributed by atoms with Crippen molar-refractivity contribution < 1.29 is 9.90 Å². The Morgan fingerprint density at radius 2 is 1.74 bits per heavy atom. The van der Waals surface area contributed by atoms with Crippen molar-refractivity contribution in [2.75, 3.05) is 18.8 Å². The van der Waals surface area contributed by atoms with Crippen LogP contribution >= 0.6 is 0 Å². The minimum Gasteiger partial charge on any atom is -0.387 e. The Balaban J connectivity index is 1.32. The standard InChI is InChI=1S/C28H37N5O2/c1-21(31-20-26(34)25-13-14-27(29)32-19-25)16-23-11-7-12-24(17-23)18-33-28(35)30-15-6-5-10-22-8-3-2-4-9-22/h2-4,7-9,11-14,17,19,21,26,31,34H,5-6,10,15-16,18,20H2,1H3,(H2,29,32)(H2,30,33,35)/t21?,26-/m0/s1. The lowest BCUT2D eigenvalue weighted by atomic mass is 10.0. The molecule has 1 heterocycles. The molecule has 0 aliphatic rings. The Morgan fingerprint density at radius 1 is 0.971 bits per heavy atom. The van der Waals surface area contributed by atoms with E-state index in [2.05, 4.69) is 64.3 Å². The zero-order valence-electron chi connectivity index (χ0n) is 20.4. The fourth-order valence-corrected chi connectivity index (χ4v) is 3.88. The molecule has 6 N–H and O–H groups in total. The topological polar surface area (TPSA) is 112 Å². The van der Waals surface area contributed by atoms with Crippen molar-refractivity contribution in [3.05, 3.63) is 95.2 Å². The maximum absolute atomic E-state index is 12.1. The third-order valence-corrected chi connectivity index (χ3v) is 5.86. The van der Waals surface area contributed by atoms with Gasteiger partial charge in [0.2, 0.25) is 0 Å². The Labute approximate surface area is 208 Å². The molecule has 2 aromatic carbocycles. The first-order valence-corrected chi connectivity index (χ1v) is 12.3. The van der Waals surface area contributed by atoms with Gasteiger partial charge in [0.25, 0.3) is 0 Å². The lowest BCUT2D eigenvalue weighted by molar-refractivity contribution is 0.170. The summed E-state index contributed by atoms with van der Waals surface area (Å²) >= 11 is 0. The highest BCUT2D eigenvalue weighted by molar-refractivity contribution is 5.73. The zero-order chi connectivity index (χ0) is 24.9. The second-order valence-electron chi connectivity index (χ2n) is 8.92. The van der Waals surface area contributed by atoms with E-state index in [1.54, 1.807) is 18.3 Å². The van der Waals surface area contributed by atoms with Crippen LogP contribution in [-0.4, -0.2) is 35.3 Å². The fourth-order valence-electron chi connectivity index (χ4n) is 3.88. The Hall–Kier alpha value is -3.42. The number of urea groups is 1. The summed E-state index contributed by atoms with van der Waals surface area (Å²) < 4.78 is 0. The van der Waals surface area contributed by atoms with E-state index < -0.39 is 6.10 Å². The number of aromatic nitrogens is 1. The molecule has 0 saturated carbocycles. The monoisotopic (exact) mass is 475 g/mol. The van der Waals surface area contributed by atoms with E-state index in [0.29, 0.717) is 25.5 Å². The van der Waals surface area contributed by atoms with Gasteiger partial charge in [0, 0.05) is 37.4 Å². The molecule has 2 amide bonds. The van der Waals surface area contributed by atoms with Gasteiger partial charge in [-0.3, -0.25) is 0 Å². The number of benzene rings is 2. The summed E-state index contributed by atoms with van der Waals surface area (Å²) in [6.07, 6.45) is 4.80. The maximum atomic E-state index is 12.1. The predicted molar refractivity (Wildman–Crippen MR) is 141 cm³/mol. The molecule has 0 saturated heterocycles. The number of amides is 2. The van der Waals surface area contributed by atoms with Gasteiger partial charge >= 0.3 is 6.03 Å². The van der Waals surface area contributed by atoms with Crippen LogP contribution in [0.25, 0.3) is 0 Å². The molecule has 0 bridgehead atoms. The molecule has 3 rings (SSSR count). The molecular formula is C28H37N5O2. The number of aryl methyl sites for hydroxylation is 1. The van der Waals surface area contributed by atoms with E-state index >= 15 is 0 Å². The van der Waals surface area contributed by atoms with Crippen LogP contribution in [0.15, 0.2) is 72.9 Å². The highest BCUT2D eigenvalue weighted by Gasteiger charge is 2.11. The number of hydrogen-bond donors (Lipinski definition) is 5. The number of carbonyl (C=O) groups excluding carboxylic acids is 1. The summed E-state index contributed by atoms with van der Waals surface area (Å²) in [6.45, 7) is 3.66. The normalized spacial score (nSPS) is 12.6. The Morgan fingerprint density at radius 3 is 2.51 bits per heavy atom. The zero-order valence-corrected chi connectivity index (χ0v) is 20.4. The van der Waals surface area contributed by atoms with Crippen molar-refractivity contribution in [2.45, 2.75) is 51.3 Å². The van der Waals surface area contributed by atoms with Crippen LogP contribution in [0.2, 0.25) is 0 Å². The van der Waals surface area contributed by atoms with Gasteiger partial charge in [0.05, 0.1) is 6.10 Å². The van der Waals surface area contributed by atoms with Crippen molar-refractivity contribution >= 4 is 11.8 Å². The number of aliphatic hydroxyl groups is 1. The van der Waals surface area contributed by atoms with Gasteiger partial charge in [0.1, 0.15) is 5.82 Å². The summed E-state index contributed by atoms with van der Waals surface area (Å²) in [4.78, 5) is 16.2. The molecule has 1 unspecified atom stereocenters. The number of anilines is 1. The molecule has 186 valence electrons. The average molecular weight is 476 g/mol. The third kappa shape index (κ3) is 9.76. The van der Waals surface area contributed by atoms with Crippen molar-refractivity contribution in [3.63, 3.8) is 0 Å². The Kier molecular flexibility index (Phi) is 10.5. The van der Waals surface area contributed by atoms with Crippen LogP contribution in [0.4, 0.5) is 10.6 Å². The number of nitrogens with two attached hydrogens (primary N) is 1. The fraction of sp³-hybridized carbons (Fsp3) is 0.357. The van der Waals surface area contributed by atoms with E-state index in [9.17, 15) is 9.90 Å². The summed E-state index contributed by atoms with van der Waals surface area (Å²) in [6, 6.07) is 22.1. The smallest absolute Gasteiger partial charge is 0.315 e. The second-order valence-corrected chi connectivity index (χ2v) is 8.92. The van der Waals surface area contributed by atoms with Gasteiger partial charge in [-0.2, -0.15) is 0 Å². The van der Waals surface area contributed by atoms with Crippen molar-refractivity contribution in [2.24, 2.45) is 0 Å². The van der Waals surface area contributed by atoms with Crippen LogP contribution in [-0.2, 0) is 19.4 Å². The molecule has 0 aliphatic carbocycles. The highest BCUT2D eigenvalue weighted by Crippen LogP contribution is 2.13. The maximum Gasteiger partial charge on any atom is 0.315 e. The molecule has 0 spiro atoms. The molecular weight excluding hydrogens is 438 g/mol. The lowest BCUT2D eigenvalue weighted by Gasteiger charge is -2.18. The van der Waals surface area contributed by atoms with E-state index in [1.807, 2.05) is 18.2 Å². The number of hydrogen-bond acceptors (Lipinski definition) is 5. The largest absolute Gasteiger partial charge is 0.387 e. The summed E-state index contributed by atoms with van der Waals surface area (Å²) in [5.41, 5.74) is 9.90. The third-order valence-electron chi connectivity index (χ3n) is 5.86. The Bertz CT molecular complexity index is 1030. The number of nitrogens with zero attached hydrogens (tertiary/aromatic N) is 1.